The number of amides is 1. The van der Waals surface area contributed by atoms with Gasteiger partial charge in [-0.25, -0.2) is 0 Å². The Labute approximate surface area is 140 Å². The first kappa shape index (κ1) is 18.7. The summed E-state index contributed by atoms with van der Waals surface area (Å²) in [6.45, 7) is 0.261. The van der Waals surface area contributed by atoms with Gasteiger partial charge in [0.15, 0.2) is 0 Å². The summed E-state index contributed by atoms with van der Waals surface area (Å²) < 4.78 is 38.7. The number of nitrogens with one attached hydrogen (secondary N) is 1. The molecule has 1 aliphatic rings. The highest BCUT2D eigenvalue weighted by molar-refractivity contribution is 5.78. The van der Waals surface area contributed by atoms with E-state index in [-0.39, 0.29) is 30.5 Å². The van der Waals surface area contributed by atoms with Crippen LogP contribution in [0.4, 0.5) is 13.2 Å². The summed E-state index contributed by atoms with van der Waals surface area (Å²) in [4.78, 5) is 13.7. The Morgan fingerprint density at radius 3 is 2.67 bits per heavy atom. The largest absolute Gasteiger partial charge is 0.416 e. The minimum absolute atomic E-state index is 0.0308. The number of benzene rings is 1. The number of nitrogens with zero attached hydrogens (tertiary/aromatic N) is 1. The van der Waals surface area contributed by atoms with E-state index in [9.17, 15) is 18.0 Å². The lowest BCUT2D eigenvalue weighted by Gasteiger charge is -2.35. The van der Waals surface area contributed by atoms with Gasteiger partial charge in [-0.1, -0.05) is 18.2 Å². The standard InChI is InChI=1S/C17H24F3N3O/c1-23(2)10-16(24)22-15-9-12(6-7-14(15)21)11-4-3-5-13(8-11)17(18,19)20/h3-5,8,12,14-15H,6-7,9-10,21H2,1-2H3,(H,22,24)/t12-,14-,15-/m0/s1. The molecular formula is C17H24F3N3O. The summed E-state index contributed by atoms with van der Waals surface area (Å²) in [6, 6.07) is 5.06. The molecule has 1 aromatic rings. The molecule has 1 aliphatic carbocycles. The monoisotopic (exact) mass is 343 g/mol. The Hall–Kier alpha value is -1.60. The van der Waals surface area contributed by atoms with Gasteiger partial charge in [-0.05, 0) is 50.9 Å². The third-order valence-corrected chi connectivity index (χ3v) is 4.40. The van der Waals surface area contributed by atoms with Crippen LogP contribution in [0.2, 0.25) is 0 Å². The molecule has 4 nitrogen and oxygen atoms in total. The summed E-state index contributed by atoms with van der Waals surface area (Å²) in [7, 11) is 3.59. The van der Waals surface area contributed by atoms with Crippen LogP contribution in [-0.2, 0) is 11.0 Å². The summed E-state index contributed by atoms with van der Waals surface area (Å²) in [5.74, 6) is -0.151. The molecule has 134 valence electrons. The van der Waals surface area contributed by atoms with E-state index in [1.54, 1.807) is 25.1 Å². The Bertz CT molecular complexity index is 574. The third kappa shape index (κ3) is 4.95. The third-order valence-electron chi connectivity index (χ3n) is 4.40. The molecule has 0 aliphatic heterocycles. The molecule has 0 heterocycles. The molecule has 3 N–H and O–H groups in total. The Morgan fingerprint density at radius 1 is 1.33 bits per heavy atom. The zero-order valence-corrected chi connectivity index (χ0v) is 13.9. The molecular weight excluding hydrogens is 319 g/mol. The summed E-state index contributed by atoms with van der Waals surface area (Å²) in [6.07, 6.45) is -2.39. The molecule has 1 fully saturated rings. The summed E-state index contributed by atoms with van der Waals surface area (Å²) >= 11 is 0. The van der Waals surface area contributed by atoms with Gasteiger partial charge in [0, 0.05) is 12.1 Å². The van der Waals surface area contributed by atoms with Crippen LogP contribution in [0.1, 0.15) is 36.3 Å². The van der Waals surface area contributed by atoms with Gasteiger partial charge in [0.1, 0.15) is 0 Å². The molecule has 7 heteroatoms. The number of nitrogens with two attached hydrogens (primary N) is 1. The molecule has 2 rings (SSSR count). The fraction of sp³-hybridized carbons (Fsp3) is 0.588. The second-order valence-electron chi connectivity index (χ2n) is 6.71. The normalized spacial score (nSPS) is 24.9. The van der Waals surface area contributed by atoms with Crippen molar-refractivity contribution < 1.29 is 18.0 Å². The van der Waals surface area contributed by atoms with Crippen molar-refractivity contribution in [3.05, 3.63) is 35.4 Å². The van der Waals surface area contributed by atoms with Crippen LogP contribution in [0.5, 0.6) is 0 Å². The van der Waals surface area contributed by atoms with Crippen LogP contribution in [0, 0.1) is 0 Å². The highest BCUT2D eigenvalue weighted by atomic mass is 19.4. The Balaban J connectivity index is 2.08. The van der Waals surface area contributed by atoms with Crippen molar-refractivity contribution in [1.82, 2.24) is 10.2 Å². The summed E-state index contributed by atoms with van der Waals surface area (Å²) in [5.41, 5.74) is 6.11. The Morgan fingerprint density at radius 2 is 2.04 bits per heavy atom. The zero-order chi connectivity index (χ0) is 17.9. The molecule has 0 radical (unpaired) electrons. The minimum Gasteiger partial charge on any atom is -0.351 e. The molecule has 0 unspecified atom stereocenters. The Kier molecular flexibility index (Phi) is 5.87. The average Bonchev–Trinajstić information content (AvgIpc) is 2.48. The smallest absolute Gasteiger partial charge is 0.351 e. The second-order valence-corrected chi connectivity index (χ2v) is 6.71. The highest BCUT2D eigenvalue weighted by Gasteiger charge is 2.33. The van der Waals surface area contributed by atoms with Gasteiger partial charge < -0.3 is 16.0 Å². The van der Waals surface area contributed by atoms with E-state index in [1.165, 1.54) is 12.1 Å². The lowest BCUT2D eigenvalue weighted by atomic mass is 9.78. The van der Waals surface area contributed by atoms with Crippen molar-refractivity contribution in [3.63, 3.8) is 0 Å². The molecule has 24 heavy (non-hydrogen) atoms. The van der Waals surface area contributed by atoms with Gasteiger partial charge in [0.25, 0.3) is 0 Å². The summed E-state index contributed by atoms with van der Waals surface area (Å²) in [5, 5.41) is 2.92. The molecule has 1 aromatic carbocycles. The molecule has 0 spiro atoms. The van der Waals surface area contributed by atoms with E-state index in [4.69, 9.17) is 5.73 Å². The topological polar surface area (TPSA) is 58.4 Å². The van der Waals surface area contributed by atoms with Crippen LogP contribution >= 0.6 is 0 Å². The van der Waals surface area contributed by atoms with Crippen LogP contribution < -0.4 is 11.1 Å². The SMILES string of the molecule is CN(C)CC(=O)N[C@H]1C[C@@H](c2cccc(C(F)(F)F)c2)CC[C@@H]1N. The number of carbonyl (C=O) groups is 1. The molecule has 1 saturated carbocycles. The van der Waals surface area contributed by atoms with Crippen LogP contribution in [-0.4, -0.2) is 43.5 Å². The first-order chi connectivity index (χ1) is 11.2. The molecule has 0 bridgehead atoms. The van der Waals surface area contributed by atoms with E-state index in [1.807, 2.05) is 0 Å². The number of carbonyl (C=O) groups excluding carboxylic acids is 1. The number of hydrogen-bond donors (Lipinski definition) is 2. The highest BCUT2D eigenvalue weighted by Crippen LogP contribution is 2.36. The molecule has 0 aromatic heterocycles. The number of likely N-dealkylation sites (N-methyl/N-ethyl adjacent to an activating group) is 1. The van der Waals surface area contributed by atoms with Crippen LogP contribution in [0.3, 0.4) is 0 Å². The quantitative estimate of drug-likeness (QED) is 0.882. The van der Waals surface area contributed by atoms with E-state index in [2.05, 4.69) is 5.32 Å². The number of alkyl halides is 3. The minimum atomic E-state index is -4.35. The lowest BCUT2D eigenvalue weighted by Crippen LogP contribution is -2.52. The van der Waals surface area contributed by atoms with Crippen LogP contribution in [0.15, 0.2) is 24.3 Å². The van der Waals surface area contributed by atoms with Crippen molar-refractivity contribution in [2.24, 2.45) is 5.73 Å². The number of halogens is 3. The van der Waals surface area contributed by atoms with Crippen molar-refractivity contribution >= 4 is 5.91 Å². The second kappa shape index (κ2) is 7.53. The van der Waals surface area contributed by atoms with Gasteiger partial charge in [0.2, 0.25) is 5.91 Å². The van der Waals surface area contributed by atoms with Gasteiger partial charge in [-0.2, -0.15) is 13.2 Å². The predicted octanol–water partition coefficient (Wildman–Crippen LogP) is 2.35. The molecule has 3 atom stereocenters. The van der Waals surface area contributed by atoms with Crippen molar-refractivity contribution in [2.45, 2.75) is 43.4 Å². The van der Waals surface area contributed by atoms with Gasteiger partial charge >= 0.3 is 6.18 Å². The van der Waals surface area contributed by atoms with Crippen LogP contribution in [0.25, 0.3) is 0 Å². The number of hydrogen-bond acceptors (Lipinski definition) is 3. The fourth-order valence-electron chi connectivity index (χ4n) is 3.17. The number of rotatable bonds is 4. The van der Waals surface area contributed by atoms with Crippen molar-refractivity contribution in [2.75, 3.05) is 20.6 Å². The lowest BCUT2D eigenvalue weighted by molar-refractivity contribution is -0.137. The fourth-order valence-corrected chi connectivity index (χ4v) is 3.17. The maximum atomic E-state index is 12.9. The van der Waals surface area contributed by atoms with Gasteiger partial charge in [0.05, 0.1) is 12.1 Å². The zero-order valence-electron chi connectivity index (χ0n) is 13.9. The van der Waals surface area contributed by atoms with E-state index in [0.29, 0.717) is 18.4 Å². The van der Waals surface area contributed by atoms with Gasteiger partial charge in [-0.3, -0.25) is 4.79 Å². The first-order valence-corrected chi connectivity index (χ1v) is 8.03. The van der Waals surface area contributed by atoms with Gasteiger partial charge in [-0.15, -0.1) is 0 Å². The maximum Gasteiger partial charge on any atom is 0.416 e. The molecule has 0 saturated heterocycles. The van der Waals surface area contributed by atoms with Crippen molar-refractivity contribution in [3.8, 4) is 0 Å². The van der Waals surface area contributed by atoms with E-state index >= 15 is 0 Å². The average molecular weight is 343 g/mol. The van der Waals surface area contributed by atoms with E-state index < -0.39 is 11.7 Å². The van der Waals surface area contributed by atoms with Crippen molar-refractivity contribution in [1.29, 1.82) is 0 Å². The first-order valence-electron chi connectivity index (χ1n) is 8.03. The maximum absolute atomic E-state index is 12.9. The van der Waals surface area contributed by atoms with E-state index in [0.717, 1.165) is 12.5 Å². The molecule has 1 amide bonds. The predicted molar refractivity (Wildman–Crippen MR) is 86.5 cm³/mol.